The minimum absolute atomic E-state index is 0. The molecule has 0 radical (unpaired) electrons. The Morgan fingerprint density at radius 1 is 0.680 bits per heavy atom. The molecule has 0 amide bonds. The van der Waals surface area contributed by atoms with Crippen molar-refractivity contribution < 1.29 is 9.90 Å². The molecule has 1 aromatic rings. The number of aliphatic carboxylic acids is 1. The Morgan fingerprint density at radius 3 is 1.52 bits per heavy atom. The third-order valence-electron chi connectivity index (χ3n) is 4.45. The van der Waals surface area contributed by atoms with Crippen molar-refractivity contribution in [2.75, 3.05) is 0 Å². The molecule has 0 aliphatic carbocycles. The minimum atomic E-state index is -0.659. The number of unbranched alkanes of at least 4 members (excludes halogenated alkanes) is 11. The second-order valence-corrected chi connectivity index (χ2v) is 6.62. The molecule has 1 aromatic carbocycles. The van der Waals surface area contributed by atoms with Gasteiger partial charge in [-0.2, -0.15) is 0 Å². The number of carboxylic acids is 1. The third kappa shape index (κ3) is 18.8. The molecule has 1 rings (SSSR count). The first-order valence-corrected chi connectivity index (χ1v) is 9.55. The maximum absolute atomic E-state index is 10.4. The SMILES string of the molecule is O=C(O)CCCCCCCCCCCCCCc1ccccc1.[NaH].[SeH2]. The first-order valence-electron chi connectivity index (χ1n) is 9.55. The summed E-state index contributed by atoms with van der Waals surface area (Å²) in [5, 5.41) is 8.55. The number of aryl methyl sites for hydroxylation is 1. The van der Waals surface area contributed by atoms with Crippen LogP contribution in [0.3, 0.4) is 0 Å². The molecule has 4 heteroatoms. The number of hydrogen-bond donors (Lipinski definition) is 1. The van der Waals surface area contributed by atoms with Gasteiger partial charge in [-0.25, -0.2) is 0 Å². The predicted molar refractivity (Wildman–Crippen MR) is 113 cm³/mol. The Kier molecular flexibility index (Phi) is 22.5. The maximum atomic E-state index is 10.4. The molecule has 0 bridgehead atoms. The van der Waals surface area contributed by atoms with E-state index < -0.39 is 5.97 Å². The summed E-state index contributed by atoms with van der Waals surface area (Å²) < 4.78 is 0. The average molecular weight is 423 g/mol. The summed E-state index contributed by atoms with van der Waals surface area (Å²) in [6.45, 7) is 0. The topological polar surface area (TPSA) is 37.3 Å². The molecule has 0 saturated carbocycles. The predicted octanol–water partition coefficient (Wildman–Crippen LogP) is 4.82. The van der Waals surface area contributed by atoms with Gasteiger partial charge in [0.25, 0.3) is 0 Å². The van der Waals surface area contributed by atoms with Crippen LogP contribution in [0.4, 0.5) is 0 Å². The van der Waals surface area contributed by atoms with Crippen LogP contribution in [0.2, 0.25) is 0 Å². The van der Waals surface area contributed by atoms with Crippen molar-refractivity contribution in [3.05, 3.63) is 35.9 Å². The zero-order chi connectivity index (χ0) is 16.6. The molecule has 0 unspecified atom stereocenters. The third-order valence-corrected chi connectivity index (χ3v) is 4.45. The van der Waals surface area contributed by atoms with Gasteiger partial charge in [-0.1, -0.05) is 94.5 Å². The van der Waals surface area contributed by atoms with E-state index in [1.54, 1.807) is 0 Å². The molecule has 0 saturated heterocycles. The van der Waals surface area contributed by atoms with Crippen molar-refractivity contribution in [1.82, 2.24) is 0 Å². The Balaban J connectivity index is 0. The van der Waals surface area contributed by atoms with Crippen molar-refractivity contribution in [2.24, 2.45) is 0 Å². The van der Waals surface area contributed by atoms with Crippen LogP contribution in [-0.4, -0.2) is 57.7 Å². The van der Waals surface area contributed by atoms with Gasteiger partial charge >= 0.3 is 52.6 Å². The fraction of sp³-hybridized carbons (Fsp3) is 0.667. The average Bonchev–Trinajstić information content (AvgIpc) is 2.56. The summed E-state index contributed by atoms with van der Waals surface area (Å²) in [5.41, 5.74) is 1.47. The van der Waals surface area contributed by atoms with Gasteiger partial charge in [0, 0.05) is 6.42 Å². The first kappa shape index (κ1) is 27.4. The van der Waals surface area contributed by atoms with E-state index in [0.717, 1.165) is 12.8 Å². The molecule has 0 spiro atoms. The number of carboxylic acid groups (broad SMARTS) is 1. The summed E-state index contributed by atoms with van der Waals surface area (Å²) in [5.74, 6) is -0.659. The van der Waals surface area contributed by atoms with Crippen LogP contribution in [0.25, 0.3) is 0 Å². The van der Waals surface area contributed by atoms with Crippen molar-refractivity contribution in [3.8, 4) is 0 Å². The van der Waals surface area contributed by atoms with Crippen LogP contribution in [-0.2, 0) is 11.2 Å². The normalized spacial score (nSPS) is 9.92. The Labute approximate surface area is 187 Å². The van der Waals surface area contributed by atoms with Gasteiger partial charge in [0.15, 0.2) is 0 Å². The summed E-state index contributed by atoms with van der Waals surface area (Å²) in [7, 11) is 0. The van der Waals surface area contributed by atoms with E-state index in [1.807, 2.05) is 0 Å². The Bertz CT molecular complexity index is 398. The van der Waals surface area contributed by atoms with E-state index in [4.69, 9.17) is 5.11 Å². The second kappa shape index (κ2) is 20.5. The summed E-state index contributed by atoms with van der Waals surface area (Å²) >= 11 is 0. The zero-order valence-corrected chi connectivity index (χ0v) is 17.2. The van der Waals surface area contributed by atoms with E-state index in [1.165, 1.54) is 76.2 Å². The molecule has 25 heavy (non-hydrogen) atoms. The van der Waals surface area contributed by atoms with Gasteiger partial charge in [0.2, 0.25) is 0 Å². The van der Waals surface area contributed by atoms with E-state index in [-0.39, 0.29) is 46.6 Å². The van der Waals surface area contributed by atoms with Crippen LogP contribution in [0, 0.1) is 0 Å². The Morgan fingerprint density at radius 2 is 1.08 bits per heavy atom. The van der Waals surface area contributed by atoms with Crippen molar-refractivity contribution >= 4 is 52.6 Å². The zero-order valence-electron chi connectivity index (χ0n) is 15.1. The van der Waals surface area contributed by atoms with Crippen molar-refractivity contribution in [2.45, 2.75) is 89.9 Å². The first-order chi connectivity index (χ1) is 11.3. The fourth-order valence-corrected chi connectivity index (χ4v) is 3.02. The number of hydrogen-bond acceptors (Lipinski definition) is 1. The van der Waals surface area contributed by atoms with Crippen molar-refractivity contribution in [3.63, 3.8) is 0 Å². The number of carbonyl (C=O) groups is 1. The van der Waals surface area contributed by atoms with Crippen LogP contribution < -0.4 is 0 Å². The van der Waals surface area contributed by atoms with Gasteiger partial charge in [-0.05, 0) is 24.8 Å². The molecule has 1 N–H and O–H groups in total. The summed E-state index contributed by atoms with van der Waals surface area (Å²) in [6.07, 6.45) is 16.8. The molecule has 0 aromatic heterocycles. The summed E-state index contributed by atoms with van der Waals surface area (Å²) in [6, 6.07) is 10.8. The molecule has 0 aliphatic rings. The van der Waals surface area contributed by atoms with Gasteiger partial charge < -0.3 is 5.11 Å². The van der Waals surface area contributed by atoms with Crippen molar-refractivity contribution in [1.29, 1.82) is 0 Å². The standard InChI is InChI=1S/C21H34O2.Na.H2Se.H/c22-21(23)19-15-10-8-6-4-2-1-3-5-7-9-12-16-20-17-13-11-14-18-20;;;/h11,13-14,17-18H,1-10,12,15-16,19H2,(H,22,23);;1H2;. The van der Waals surface area contributed by atoms with Crippen LogP contribution in [0.5, 0.6) is 0 Å². The molecular weight excluding hydrogens is 386 g/mol. The van der Waals surface area contributed by atoms with Gasteiger partial charge in [-0.15, -0.1) is 0 Å². The van der Waals surface area contributed by atoms with Gasteiger partial charge in [0.05, 0.1) is 0 Å². The summed E-state index contributed by atoms with van der Waals surface area (Å²) in [4.78, 5) is 10.4. The molecule has 0 fully saturated rings. The number of benzene rings is 1. The molecule has 140 valence electrons. The monoisotopic (exact) mass is 424 g/mol. The van der Waals surface area contributed by atoms with Crippen LogP contribution in [0.15, 0.2) is 30.3 Å². The fourth-order valence-electron chi connectivity index (χ4n) is 3.02. The van der Waals surface area contributed by atoms with E-state index in [0.29, 0.717) is 6.42 Å². The van der Waals surface area contributed by atoms with Crippen LogP contribution >= 0.6 is 0 Å². The molecular formula is C21H37NaO2Se. The molecule has 2 nitrogen and oxygen atoms in total. The van der Waals surface area contributed by atoms with Crippen LogP contribution in [0.1, 0.15) is 89.0 Å². The Hall–Kier alpha value is 0.209. The quantitative estimate of drug-likeness (QED) is 0.324. The van der Waals surface area contributed by atoms with E-state index in [9.17, 15) is 4.79 Å². The molecule has 0 aliphatic heterocycles. The van der Waals surface area contributed by atoms with Gasteiger partial charge in [0.1, 0.15) is 0 Å². The second-order valence-electron chi connectivity index (χ2n) is 6.62. The van der Waals surface area contributed by atoms with Gasteiger partial charge in [-0.3, -0.25) is 4.79 Å². The number of rotatable bonds is 15. The molecule has 0 atom stereocenters. The van der Waals surface area contributed by atoms with E-state index in [2.05, 4.69) is 30.3 Å². The van der Waals surface area contributed by atoms with E-state index >= 15 is 0 Å². The molecule has 0 heterocycles.